The lowest BCUT2D eigenvalue weighted by atomic mass is 10.2. The fourth-order valence-electron chi connectivity index (χ4n) is 1.47. The smallest absolute Gasteiger partial charge is 0.267 e. The van der Waals surface area contributed by atoms with Gasteiger partial charge in [-0.1, -0.05) is 29.3 Å². The summed E-state index contributed by atoms with van der Waals surface area (Å²) in [5.41, 5.74) is 4.14. The van der Waals surface area contributed by atoms with Gasteiger partial charge in [-0.15, -0.1) is 0 Å². The Hall–Kier alpha value is -1.91. The third kappa shape index (κ3) is 3.56. The Morgan fingerprint density at radius 3 is 2.65 bits per heavy atom. The Labute approximate surface area is 126 Å². The van der Waals surface area contributed by atoms with Crippen LogP contribution in [0.2, 0.25) is 10.0 Å². The number of nitrogens with one attached hydrogen (secondary N) is 1. The zero-order valence-electron chi connectivity index (χ0n) is 10.6. The molecule has 0 unspecified atom stereocenters. The summed E-state index contributed by atoms with van der Waals surface area (Å²) in [7, 11) is 0. The standard InChI is InChI=1S/C14H11Cl2N3O/c1-9(13-4-2-3-7-17-13)18-19-14(20)10-5-6-11(15)12(16)8-10/h2-8H,1H3,(H,19,20). The van der Waals surface area contributed by atoms with Crippen LogP contribution in [-0.4, -0.2) is 16.6 Å². The molecular weight excluding hydrogens is 297 g/mol. The number of carbonyl (C=O) groups is 1. The lowest BCUT2D eigenvalue weighted by Crippen LogP contribution is -2.19. The van der Waals surface area contributed by atoms with Gasteiger partial charge < -0.3 is 0 Å². The molecule has 6 heteroatoms. The van der Waals surface area contributed by atoms with E-state index >= 15 is 0 Å². The largest absolute Gasteiger partial charge is 0.271 e. The van der Waals surface area contributed by atoms with Crippen molar-refractivity contribution < 1.29 is 4.79 Å². The lowest BCUT2D eigenvalue weighted by molar-refractivity contribution is 0.0955. The van der Waals surface area contributed by atoms with Crippen molar-refractivity contribution >= 4 is 34.8 Å². The van der Waals surface area contributed by atoms with Gasteiger partial charge in [-0.3, -0.25) is 9.78 Å². The molecule has 0 aliphatic heterocycles. The van der Waals surface area contributed by atoms with Crippen LogP contribution in [0.5, 0.6) is 0 Å². The molecule has 0 aliphatic rings. The number of amides is 1. The third-order valence-electron chi connectivity index (χ3n) is 2.54. The van der Waals surface area contributed by atoms with Crippen LogP contribution in [0, 0.1) is 0 Å². The SMILES string of the molecule is CC(=NNC(=O)c1ccc(Cl)c(Cl)c1)c1ccccn1. The lowest BCUT2D eigenvalue weighted by Gasteiger charge is -2.03. The number of halogens is 2. The van der Waals surface area contributed by atoms with Crippen molar-refractivity contribution in [2.24, 2.45) is 5.10 Å². The monoisotopic (exact) mass is 307 g/mol. The molecule has 0 saturated carbocycles. The van der Waals surface area contributed by atoms with Crippen LogP contribution in [0.3, 0.4) is 0 Å². The maximum Gasteiger partial charge on any atom is 0.271 e. The number of hydrazone groups is 1. The van der Waals surface area contributed by atoms with Crippen LogP contribution in [-0.2, 0) is 0 Å². The van der Waals surface area contributed by atoms with Crippen LogP contribution < -0.4 is 5.43 Å². The first-order valence-corrected chi connectivity index (χ1v) is 6.54. The molecular formula is C14H11Cl2N3O. The Kier molecular flexibility index (Phi) is 4.71. The fraction of sp³-hybridized carbons (Fsp3) is 0.0714. The summed E-state index contributed by atoms with van der Waals surface area (Å²) < 4.78 is 0. The average Bonchev–Trinajstić information content (AvgIpc) is 2.48. The molecule has 102 valence electrons. The van der Waals surface area contributed by atoms with Gasteiger partial charge in [0.05, 0.1) is 21.5 Å². The predicted molar refractivity (Wildman–Crippen MR) is 80.4 cm³/mol. The number of rotatable bonds is 3. The van der Waals surface area contributed by atoms with Gasteiger partial charge in [0, 0.05) is 11.8 Å². The van der Waals surface area contributed by atoms with E-state index in [-0.39, 0.29) is 5.91 Å². The maximum absolute atomic E-state index is 11.9. The van der Waals surface area contributed by atoms with Gasteiger partial charge in [0.15, 0.2) is 0 Å². The van der Waals surface area contributed by atoms with Gasteiger partial charge in [0.1, 0.15) is 0 Å². The summed E-state index contributed by atoms with van der Waals surface area (Å²) in [4.78, 5) is 16.0. The molecule has 4 nitrogen and oxygen atoms in total. The molecule has 1 aromatic carbocycles. The molecule has 0 saturated heterocycles. The maximum atomic E-state index is 11.9. The van der Waals surface area contributed by atoms with E-state index in [1.54, 1.807) is 25.3 Å². The Bertz CT molecular complexity index is 657. The highest BCUT2D eigenvalue weighted by atomic mass is 35.5. The number of benzene rings is 1. The Morgan fingerprint density at radius 2 is 2.00 bits per heavy atom. The Balaban J connectivity index is 2.10. The molecule has 1 N–H and O–H groups in total. The van der Waals surface area contributed by atoms with Crippen molar-refractivity contribution in [2.45, 2.75) is 6.92 Å². The molecule has 20 heavy (non-hydrogen) atoms. The summed E-state index contributed by atoms with van der Waals surface area (Å²) >= 11 is 11.7. The molecule has 0 bridgehead atoms. The van der Waals surface area contributed by atoms with E-state index in [1.165, 1.54) is 6.07 Å². The first-order valence-electron chi connectivity index (χ1n) is 5.79. The topological polar surface area (TPSA) is 54.4 Å². The third-order valence-corrected chi connectivity index (χ3v) is 3.28. The quantitative estimate of drug-likeness (QED) is 0.696. The Morgan fingerprint density at radius 1 is 1.20 bits per heavy atom. The second kappa shape index (κ2) is 6.50. The van der Waals surface area contributed by atoms with Crippen molar-refractivity contribution in [3.8, 4) is 0 Å². The van der Waals surface area contributed by atoms with Crippen molar-refractivity contribution in [3.05, 3.63) is 63.9 Å². The molecule has 2 aromatic rings. The van der Waals surface area contributed by atoms with E-state index in [0.717, 1.165) is 0 Å². The van der Waals surface area contributed by atoms with Crippen molar-refractivity contribution in [1.82, 2.24) is 10.4 Å². The summed E-state index contributed by atoms with van der Waals surface area (Å²) in [6.07, 6.45) is 1.66. The number of hydrogen-bond acceptors (Lipinski definition) is 3. The van der Waals surface area contributed by atoms with E-state index < -0.39 is 0 Å². The highest BCUT2D eigenvalue weighted by Gasteiger charge is 2.07. The first kappa shape index (κ1) is 14.5. The molecule has 0 aliphatic carbocycles. The zero-order chi connectivity index (χ0) is 14.5. The van der Waals surface area contributed by atoms with Gasteiger partial charge in [0.25, 0.3) is 5.91 Å². The van der Waals surface area contributed by atoms with Crippen LogP contribution in [0.1, 0.15) is 23.0 Å². The molecule has 0 radical (unpaired) electrons. The number of hydrogen-bond donors (Lipinski definition) is 1. The number of aromatic nitrogens is 1. The molecule has 2 rings (SSSR count). The predicted octanol–water partition coefficient (Wildman–Crippen LogP) is 3.54. The number of pyridine rings is 1. The number of carbonyl (C=O) groups excluding carboxylic acids is 1. The number of nitrogens with zero attached hydrogens (tertiary/aromatic N) is 2. The highest BCUT2D eigenvalue weighted by molar-refractivity contribution is 6.42. The van der Waals surface area contributed by atoms with Crippen LogP contribution in [0.15, 0.2) is 47.7 Å². The van der Waals surface area contributed by atoms with Crippen LogP contribution >= 0.6 is 23.2 Å². The highest BCUT2D eigenvalue weighted by Crippen LogP contribution is 2.22. The average molecular weight is 308 g/mol. The van der Waals surface area contributed by atoms with Gasteiger partial charge in [-0.25, -0.2) is 5.43 Å². The van der Waals surface area contributed by atoms with Gasteiger partial charge in [0.2, 0.25) is 0 Å². The minimum atomic E-state index is -0.362. The van der Waals surface area contributed by atoms with Crippen LogP contribution in [0.4, 0.5) is 0 Å². The second-order valence-electron chi connectivity index (χ2n) is 3.98. The zero-order valence-corrected chi connectivity index (χ0v) is 12.1. The van der Waals surface area contributed by atoms with E-state index in [2.05, 4.69) is 15.5 Å². The van der Waals surface area contributed by atoms with E-state index in [0.29, 0.717) is 27.0 Å². The summed E-state index contributed by atoms with van der Waals surface area (Å²) in [5, 5.41) is 4.72. The molecule has 1 aromatic heterocycles. The summed E-state index contributed by atoms with van der Waals surface area (Å²) in [6, 6.07) is 10.1. The van der Waals surface area contributed by atoms with E-state index in [4.69, 9.17) is 23.2 Å². The molecule has 1 heterocycles. The van der Waals surface area contributed by atoms with Gasteiger partial charge >= 0.3 is 0 Å². The minimum Gasteiger partial charge on any atom is -0.267 e. The first-order chi connectivity index (χ1) is 9.58. The molecule has 0 fully saturated rings. The molecule has 0 spiro atoms. The summed E-state index contributed by atoms with van der Waals surface area (Å²) in [5.74, 6) is -0.362. The fourth-order valence-corrected chi connectivity index (χ4v) is 1.77. The van der Waals surface area contributed by atoms with Crippen molar-refractivity contribution in [2.75, 3.05) is 0 Å². The normalized spacial score (nSPS) is 11.2. The minimum absolute atomic E-state index is 0.324. The van der Waals surface area contributed by atoms with Gasteiger partial charge in [-0.2, -0.15) is 5.10 Å². The van der Waals surface area contributed by atoms with Crippen LogP contribution in [0.25, 0.3) is 0 Å². The summed E-state index contributed by atoms with van der Waals surface area (Å²) in [6.45, 7) is 1.76. The molecule has 0 atom stereocenters. The second-order valence-corrected chi connectivity index (χ2v) is 4.80. The van der Waals surface area contributed by atoms with E-state index in [1.807, 2.05) is 18.2 Å². The van der Waals surface area contributed by atoms with Crippen molar-refractivity contribution in [3.63, 3.8) is 0 Å². The van der Waals surface area contributed by atoms with E-state index in [9.17, 15) is 4.79 Å². The molecule has 1 amide bonds. The van der Waals surface area contributed by atoms with Crippen molar-refractivity contribution in [1.29, 1.82) is 0 Å². The van der Waals surface area contributed by atoms with Gasteiger partial charge in [-0.05, 0) is 37.3 Å².